The number of nitrogens with one attached hydrogen (secondary N) is 2. The molecule has 1 heterocycles. The second-order valence-electron chi connectivity index (χ2n) is 7.84. The van der Waals surface area contributed by atoms with Crippen molar-refractivity contribution >= 4 is 5.91 Å². The van der Waals surface area contributed by atoms with E-state index in [9.17, 15) is 4.79 Å². The topological polar surface area (TPSA) is 50.4 Å². The summed E-state index contributed by atoms with van der Waals surface area (Å²) in [6, 6.07) is 20.2. The first-order valence-electron chi connectivity index (χ1n) is 9.95. The van der Waals surface area contributed by atoms with Crippen LogP contribution in [-0.4, -0.2) is 25.6 Å². The third-order valence-electron chi connectivity index (χ3n) is 6.02. The van der Waals surface area contributed by atoms with Crippen LogP contribution < -0.4 is 10.6 Å². The van der Waals surface area contributed by atoms with Gasteiger partial charge in [0.2, 0.25) is 5.91 Å². The summed E-state index contributed by atoms with van der Waals surface area (Å²) < 4.78 is 5.95. The second-order valence-corrected chi connectivity index (χ2v) is 7.84. The number of piperidine rings is 1. The molecule has 4 heteroatoms. The predicted molar refractivity (Wildman–Crippen MR) is 106 cm³/mol. The molecule has 2 aromatic rings. The Hall–Kier alpha value is -2.17. The summed E-state index contributed by atoms with van der Waals surface area (Å²) in [5.41, 5.74) is 2.49. The van der Waals surface area contributed by atoms with Gasteiger partial charge in [0, 0.05) is 5.92 Å². The molecule has 1 saturated carbocycles. The quantitative estimate of drug-likeness (QED) is 0.791. The molecule has 0 bridgehead atoms. The van der Waals surface area contributed by atoms with Crippen molar-refractivity contribution < 1.29 is 9.53 Å². The Morgan fingerprint density at radius 2 is 1.74 bits per heavy atom. The lowest BCUT2D eigenvalue weighted by atomic mass is 9.91. The summed E-state index contributed by atoms with van der Waals surface area (Å²) in [6.45, 7) is 3.10. The minimum Gasteiger partial charge on any atom is -0.374 e. The first-order valence-corrected chi connectivity index (χ1v) is 9.95. The van der Waals surface area contributed by atoms with E-state index >= 15 is 0 Å². The monoisotopic (exact) mass is 364 g/mol. The lowest BCUT2D eigenvalue weighted by Crippen LogP contribution is -2.36. The first-order chi connectivity index (χ1) is 13.3. The zero-order valence-corrected chi connectivity index (χ0v) is 15.7. The molecule has 4 nitrogen and oxygen atoms in total. The highest BCUT2D eigenvalue weighted by Crippen LogP contribution is 2.58. The van der Waals surface area contributed by atoms with Crippen LogP contribution in [0.1, 0.15) is 36.4 Å². The van der Waals surface area contributed by atoms with Crippen molar-refractivity contribution in [2.45, 2.75) is 31.9 Å². The van der Waals surface area contributed by atoms with E-state index in [2.05, 4.69) is 34.9 Å². The van der Waals surface area contributed by atoms with Gasteiger partial charge in [-0.05, 0) is 48.9 Å². The van der Waals surface area contributed by atoms with Crippen LogP contribution >= 0.6 is 0 Å². The smallest absolute Gasteiger partial charge is 0.224 e. The number of hydrogen-bond acceptors (Lipinski definition) is 3. The summed E-state index contributed by atoms with van der Waals surface area (Å²) >= 11 is 0. The Labute approximate surface area is 161 Å². The van der Waals surface area contributed by atoms with E-state index in [0.717, 1.165) is 43.5 Å². The Balaban J connectivity index is 1.37. The highest BCUT2D eigenvalue weighted by Gasteiger charge is 2.57. The lowest BCUT2D eigenvalue weighted by molar-refractivity contribution is -0.124. The maximum atomic E-state index is 12.9. The van der Waals surface area contributed by atoms with Crippen molar-refractivity contribution in [2.75, 3.05) is 19.7 Å². The predicted octanol–water partition coefficient (Wildman–Crippen LogP) is 3.45. The van der Waals surface area contributed by atoms with Gasteiger partial charge < -0.3 is 15.4 Å². The van der Waals surface area contributed by atoms with Crippen LogP contribution in [0.3, 0.4) is 0 Å². The summed E-state index contributed by atoms with van der Waals surface area (Å²) in [6.07, 6.45) is 3.27. The molecule has 27 heavy (non-hydrogen) atoms. The SMILES string of the molecule is O=C(NC(COCc1ccccc1)c1ccccc1)C1CC12CCNCC2. The fourth-order valence-electron chi connectivity index (χ4n) is 4.24. The molecule has 2 N–H and O–H groups in total. The van der Waals surface area contributed by atoms with Gasteiger partial charge in [0.15, 0.2) is 0 Å². The van der Waals surface area contributed by atoms with Gasteiger partial charge in [-0.15, -0.1) is 0 Å². The Kier molecular flexibility index (Phi) is 5.55. The number of benzene rings is 2. The third kappa shape index (κ3) is 4.40. The van der Waals surface area contributed by atoms with Crippen LogP contribution in [0.25, 0.3) is 0 Å². The molecule has 2 fully saturated rings. The summed E-state index contributed by atoms with van der Waals surface area (Å²) in [7, 11) is 0. The molecular formula is C23H28N2O2. The number of carbonyl (C=O) groups is 1. The molecule has 1 aliphatic carbocycles. The molecule has 0 aromatic heterocycles. The highest BCUT2D eigenvalue weighted by atomic mass is 16.5. The van der Waals surface area contributed by atoms with Crippen LogP contribution in [0.5, 0.6) is 0 Å². The maximum absolute atomic E-state index is 12.9. The van der Waals surface area contributed by atoms with E-state index in [0.29, 0.717) is 13.2 Å². The van der Waals surface area contributed by atoms with E-state index in [1.165, 1.54) is 0 Å². The fourth-order valence-corrected chi connectivity index (χ4v) is 4.24. The van der Waals surface area contributed by atoms with Crippen molar-refractivity contribution in [3.05, 3.63) is 71.8 Å². The van der Waals surface area contributed by atoms with Crippen LogP contribution in [0.15, 0.2) is 60.7 Å². The molecule has 4 rings (SSSR count). The zero-order valence-electron chi connectivity index (χ0n) is 15.7. The number of hydrogen-bond donors (Lipinski definition) is 2. The average molecular weight is 364 g/mol. The number of carbonyl (C=O) groups excluding carboxylic acids is 1. The molecule has 1 spiro atoms. The van der Waals surface area contributed by atoms with E-state index in [-0.39, 0.29) is 23.3 Å². The molecule has 2 aliphatic rings. The van der Waals surface area contributed by atoms with Crippen LogP contribution in [0.4, 0.5) is 0 Å². The van der Waals surface area contributed by atoms with Crippen LogP contribution in [0, 0.1) is 11.3 Å². The summed E-state index contributed by atoms with van der Waals surface area (Å²) in [5.74, 6) is 0.356. The molecule has 1 saturated heterocycles. The average Bonchev–Trinajstić information content (AvgIpc) is 3.42. The summed E-state index contributed by atoms with van der Waals surface area (Å²) in [4.78, 5) is 12.9. The van der Waals surface area contributed by atoms with Gasteiger partial charge in [0.05, 0.1) is 19.3 Å². The Morgan fingerprint density at radius 1 is 1.07 bits per heavy atom. The largest absolute Gasteiger partial charge is 0.374 e. The van der Waals surface area contributed by atoms with Crippen molar-refractivity contribution in [3.63, 3.8) is 0 Å². The minimum atomic E-state index is -0.109. The third-order valence-corrected chi connectivity index (χ3v) is 6.02. The molecule has 142 valence electrons. The van der Waals surface area contributed by atoms with Crippen molar-refractivity contribution in [1.29, 1.82) is 0 Å². The molecule has 2 aromatic carbocycles. The van der Waals surface area contributed by atoms with E-state index < -0.39 is 0 Å². The summed E-state index contributed by atoms with van der Waals surface area (Å²) in [5, 5.41) is 6.67. The van der Waals surface area contributed by atoms with Gasteiger partial charge in [-0.3, -0.25) is 4.79 Å². The van der Waals surface area contributed by atoms with Gasteiger partial charge in [0.1, 0.15) is 0 Å². The fraction of sp³-hybridized carbons (Fsp3) is 0.435. The number of rotatable bonds is 7. The first kappa shape index (κ1) is 18.2. The molecule has 1 amide bonds. The molecule has 0 radical (unpaired) electrons. The van der Waals surface area contributed by atoms with Gasteiger partial charge in [0.25, 0.3) is 0 Å². The lowest BCUT2D eigenvalue weighted by Gasteiger charge is -2.24. The molecule has 2 unspecified atom stereocenters. The standard InChI is InChI=1S/C23H28N2O2/c26-22(20-15-23(20)11-13-24-14-12-23)25-21(19-9-5-2-6-10-19)17-27-16-18-7-3-1-4-8-18/h1-10,20-21,24H,11-17H2,(H,25,26). The van der Waals surface area contributed by atoms with Crippen molar-refractivity contribution in [3.8, 4) is 0 Å². The van der Waals surface area contributed by atoms with E-state index in [1.54, 1.807) is 0 Å². The van der Waals surface area contributed by atoms with E-state index in [4.69, 9.17) is 4.74 Å². The van der Waals surface area contributed by atoms with Gasteiger partial charge >= 0.3 is 0 Å². The van der Waals surface area contributed by atoms with Crippen molar-refractivity contribution in [1.82, 2.24) is 10.6 Å². The molecular weight excluding hydrogens is 336 g/mol. The second kappa shape index (κ2) is 8.24. The van der Waals surface area contributed by atoms with Crippen molar-refractivity contribution in [2.24, 2.45) is 11.3 Å². The minimum absolute atomic E-state index is 0.109. The highest BCUT2D eigenvalue weighted by molar-refractivity contribution is 5.83. The van der Waals surface area contributed by atoms with Crippen LogP contribution in [0.2, 0.25) is 0 Å². The Bertz CT molecular complexity index is 741. The maximum Gasteiger partial charge on any atom is 0.224 e. The number of amides is 1. The van der Waals surface area contributed by atoms with Gasteiger partial charge in [-0.1, -0.05) is 60.7 Å². The number of ether oxygens (including phenoxy) is 1. The van der Waals surface area contributed by atoms with Crippen LogP contribution in [-0.2, 0) is 16.1 Å². The normalized spacial score (nSPS) is 21.6. The molecule has 1 aliphatic heterocycles. The van der Waals surface area contributed by atoms with Gasteiger partial charge in [-0.25, -0.2) is 0 Å². The van der Waals surface area contributed by atoms with Gasteiger partial charge in [-0.2, -0.15) is 0 Å². The molecule has 2 atom stereocenters. The Morgan fingerprint density at radius 3 is 2.44 bits per heavy atom. The van der Waals surface area contributed by atoms with E-state index in [1.807, 2.05) is 36.4 Å². The zero-order chi connectivity index (χ0) is 18.5.